The summed E-state index contributed by atoms with van der Waals surface area (Å²) in [7, 11) is 2.86. The second kappa shape index (κ2) is 11.1. The van der Waals surface area contributed by atoms with Crippen molar-refractivity contribution in [3.05, 3.63) is 59.1 Å². The average molecular weight is 503 g/mol. The Morgan fingerprint density at radius 2 is 2.00 bits per heavy atom. The van der Waals surface area contributed by atoms with Gasteiger partial charge in [-0.2, -0.15) is 0 Å². The number of nitrogens with one attached hydrogen (secondary N) is 1. The molecular weight excluding hydrogens is 472 g/mol. The van der Waals surface area contributed by atoms with Gasteiger partial charge >= 0.3 is 0 Å². The van der Waals surface area contributed by atoms with E-state index in [4.69, 9.17) is 18.6 Å². The van der Waals surface area contributed by atoms with E-state index in [1.807, 2.05) is 0 Å². The monoisotopic (exact) mass is 502 g/mol. The van der Waals surface area contributed by atoms with E-state index in [0.717, 1.165) is 0 Å². The molecule has 0 unspecified atom stereocenters. The van der Waals surface area contributed by atoms with Crippen LogP contribution in [0.2, 0.25) is 0 Å². The summed E-state index contributed by atoms with van der Waals surface area (Å²) in [5.74, 6) is -0.851. The number of aliphatic hydroxyl groups excluding tert-OH is 3. The third-order valence-corrected chi connectivity index (χ3v) is 6.38. The van der Waals surface area contributed by atoms with Gasteiger partial charge in [-0.3, -0.25) is 9.59 Å². The normalized spacial score (nSPS) is 22.2. The van der Waals surface area contributed by atoms with Crippen molar-refractivity contribution >= 4 is 11.8 Å². The van der Waals surface area contributed by atoms with Crippen LogP contribution in [0.25, 0.3) is 0 Å². The van der Waals surface area contributed by atoms with Crippen LogP contribution in [0.15, 0.2) is 46.8 Å². The fourth-order valence-corrected chi connectivity index (χ4v) is 4.76. The molecule has 4 atom stereocenters. The van der Waals surface area contributed by atoms with E-state index in [1.54, 1.807) is 24.3 Å². The van der Waals surface area contributed by atoms with Crippen molar-refractivity contribution in [3.63, 3.8) is 0 Å². The third-order valence-electron chi connectivity index (χ3n) is 6.38. The number of fused-ring (bicyclic) bond motifs is 3. The standard InChI is InChI=1S/C25H30N2O9/c1-33-13-20(30)27(10-14-3-6-35-12-14)18-9-17(25(32)26-4-5-28)21-16-7-15(11-29)8-19(34-2)23(16)36-24(21)22(18)31/h3,6-9,12,18,21-22,24,28-29,31H,4-5,10-11,13H2,1-2H3,(H,26,32)/t18-,21+,22+,24+/m1/s1. The molecule has 11 nitrogen and oxygen atoms in total. The van der Waals surface area contributed by atoms with Gasteiger partial charge in [-0.05, 0) is 29.8 Å². The molecule has 1 aliphatic carbocycles. The number of furan rings is 1. The second-order valence-corrected chi connectivity index (χ2v) is 8.60. The predicted octanol–water partition coefficient (Wildman–Crippen LogP) is 0.0783. The molecule has 0 spiro atoms. The molecule has 4 N–H and O–H groups in total. The quantitative estimate of drug-likeness (QED) is 0.354. The lowest BCUT2D eigenvalue weighted by Crippen LogP contribution is -2.56. The zero-order valence-corrected chi connectivity index (χ0v) is 20.0. The van der Waals surface area contributed by atoms with Crippen LogP contribution >= 0.6 is 0 Å². The number of aliphatic hydroxyl groups is 3. The molecule has 0 radical (unpaired) electrons. The van der Waals surface area contributed by atoms with E-state index in [1.165, 1.54) is 31.6 Å². The number of hydrogen-bond donors (Lipinski definition) is 4. The highest BCUT2D eigenvalue weighted by molar-refractivity contribution is 5.96. The molecule has 194 valence electrons. The van der Waals surface area contributed by atoms with E-state index in [0.29, 0.717) is 28.2 Å². The van der Waals surface area contributed by atoms with E-state index in [9.17, 15) is 24.9 Å². The fraction of sp³-hybridized carbons (Fsp3) is 0.440. The highest BCUT2D eigenvalue weighted by Gasteiger charge is 2.51. The minimum absolute atomic E-state index is 0.0236. The Balaban J connectivity index is 1.81. The molecule has 2 aliphatic rings. The topological polar surface area (TPSA) is 151 Å². The molecule has 1 aliphatic heterocycles. The molecule has 4 rings (SSSR count). The molecule has 1 aromatic heterocycles. The Kier molecular flexibility index (Phi) is 7.94. The first-order valence-electron chi connectivity index (χ1n) is 11.5. The zero-order valence-electron chi connectivity index (χ0n) is 20.0. The predicted molar refractivity (Wildman–Crippen MR) is 125 cm³/mol. The van der Waals surface area contributed by atoms with Gasteiger partial charge in [-0.15, -0.1) is 0 Å². The number of carbonyl (C=O) groups is 2. The van der Waals surface area contributed by atoms with Crippen molar-refractivity contribution in [1.82, 2.24) is 10.2 Å². The number of nitrogens with zero attached hydrogens (tertiary/aromatic N) is 1. The maximum atomic E-state index is 13.3. The number of rotatable bonds is 10. The molecular formula is C25H30N2O9. The molecule has 11 heteroatoms. The first kappa shape index (κ1) is 25.7. The maximum absolute atomic E-state index is 13.3. The van der Waals surface area contributed by atoms with E-state index in [-0.39, 0.29) is 38.5 Å². The van der Waals surface area contributed by atoms with E-state index >= 15 is 0 Å². The van der Waals surface area contributed by atoms with Gasteiger partial charge in [0, 0.05) is 36.9 Å². The van der Waals surface area contributed by atoms with Crippen molar-refractivity contribution in [2.75, 3.05) is 34.0 Å². The van der Waals surface area contributed by atoms with Gasteiger partial charge in [0.25, 0.3) is 0 Å². The number of methoxy groups -OCH3 is 2. The molecule has 0 bridgehead atoms. The summed E-state index contributed by atoms with van der Waals surface area (Å²) in [5, 5.41) is 33.1. The van der Waals surface area contributed by atoms with Crippen LogP contribution in [0.3, 0.4) is 0 Å². The summed E-state index contributed by atoms with van der Waals surface area (Å²) >= 11 is 0. The Morgan fingerprint density at radius 3 is 2.64 bits per heavy atom. The Hall–Kier alpha value is -3.38. The molecule has 0 fully saturated rings. The van der Waals surface area contributed by atoms with Crippen LogP contribution in [-0.4, -0.2) is 84.3 Å². The summed E-state index contributed by atoms with van der Waals surface area (Å²) in [6.07, 6.45) is 2.39. The molecule has 1 aromatic carbocycles. The fourth-order valence-electron chi connectivity index (χ4n) is 4.76. The summed E-state index contributed by atoms with van der Waals surface area (Å²) in [5.41, 5.74) is 2.09. The van der Waals surface area contributed by atoms with Crippen LogP contribution in [0.5, 0.6) is 11.5 Å². The van der Waals surface area contributed by atoms with Crippen LogP contribution in [0.4, 0.5) is 0 Å². The molecule has 36 heavy (non-hydrogen) atoms. The SMILES string of the molecule is COCC(=O)N(Cc1ccoc1)[C@@H]1C=C(C(=O)NCCO)[C@@H]2c3cc(CO)cc(OC)c3O[C@@H]2[C@H]1O. The lowest BCUT2D eigenvalue weighted by atomic mass is 9.77. The van der Waals surface area contributed by atoms with E-state index in [2.05, 4.69) is 5.32 Å². The molecule has 2 aromatic rings. The summed E-state index contributed by atoms with van der Waals surface area (Å²) in [6, 6.07) is 4.11. The molecule has 2 heterocycles. The summed E-state index contributed by atoms with van der Waals surface area (Å²) < 4.78 is 21.8. The number of ether oxygens (including phenoxy) is 3. The first-order valence-corrected chi connectivity index (χ1v) is 11.5. The van der Waals surface area contributed by atoms with E-state index < -0.39 is 36.0 Å². The highest BCUT2D eigenvalue weighted by atomic mass is 16.5. The largest absolute Gasteiger partial charge is 0.493 e. The first-order chi connectivity index (χ1) is 17.4. The average Bonchev–Trinajstić information content (AvgIpc) is 3.54. The Bertz CT molecular complexity index is 1110. The van der Waals surface area contributed by atoms with Gasteiger partial charge < -0.3 is 44.2 Å². The highest BCUT2D eigenvalue weighted by Crippen LogP contribution is 2.51. The maximum Gasteiger partial charge on any atom is 0.249 e. The Labute approximate surface area is 207 Å². The van der Waals surface area contributed by atoms with Crippen molar-refractivity contribution in [2.45, 2.75) is 37.3 Å². The number of benzene rings is 1. The Morgan fingerprint density at radius 1 is 1.19 bits per heavy atom. The van der Waals surface area contributed by atoms with Gasteiger partial charge in [-0.25, -0.2) is 0 Å². The lowest BCUT2D eigenvalue weighted by Gasteiger charge is -2.40. The van der Waals surface area contributed by atoms with Gasteiger partial charge in [-0.1, -0.05) is 0 Å². The van der Waals surface area contributed by atoms with Crippen LogP contribution in [-0.2, 0) is 27.5 Å². The van der Waals surface area contributed by atoms with Gasteiger partial charge in [0.1, 0.15) is 18.8 Å². The van der Waals surface area contributed by atoms with Crippen molar-refractivity contribution in [3.8, 4) is 11.5 Å². The molecule has 0 saturated carbocycles. The minimum Gasteiger partial charge on any atom is -0.493 e. The summed E-state index contributed by atoms with van der Waals surface area (Å²) in [6.45, 7) is -0.621. The van der Waals surface area contributed by atoms with Crippen LogP contribution in [0, 0.1) is 0 Å². The smallest absolute Gasteiger partial charge is 0.249 e. The number of hydrogen-bond acceptors (Lipinski definition) is 9. The van der Waals surface area contributed by atoms with Crippen molar-refractivity contribution in [2.24, 2.45) is 0 Å². The third kappa shape index (κ3) is 4.82. The van der Waals surface area contributed by atoms with Gasteiger partial charge in [0.05, 0.1) is 44.8 Å². The van der Waals surface area contributed by atoms with Crippen molar-refractivity contribution in [1.29, 1.82) is 0 Å². The number of amides is 2. The lowest BCUT2D eigenvalue weighted by molar-refractivity contribution is -0.141. The minimum atomic E-state index is -1.22. The molecule has 2 amide bonds. The summed E-state index contributed by atoms with van der Waals surface area (Å²) in [4.78, 5) is 27.7. The van der Waals surface area contributed by atoms with Crippen molar-refractivity contribution < 1.29 is 43.5 Å². The second-order valence-electron chi connectivity index (χ2n) is 8.60. The van der Waals surface area contributed by atoms with Gasteiger partial charge in [0.2, 0.25) is 11.8 Å². The molecule has 0 saturated heterocycles. The van der Waals surface area contributed by atoms with Crippen LogP contribution in [0.1, 0.15) is 22.6 Å². The zero-order chi connectivity index (χ0) is 25.8. The van der Waals surface area contributed by atoms with Crippen LogP contribution < -0.4 is 14.8 Å². The van der Waals surface area contributed by atoms with Gasteiger partial charge in [0.15, 0.2) is 11.5 Å². The number of carbonyl (C=O) groups excluding carboxylic acids is 2.